The Labute approximate surface area is 105 Å². The van der Waals surface area contributed by atoms with Crippen LogP contribution in [-0.4, -0.2) is 18.8 Å². The van der Waals surface area contributed by atoms with Gasteiger partial charge in [-0.25, -0.2) is 0 Å². The third-order valence-corrected chi connectivity index (χ3v) is 3.06. The summed E-state index contributed by atoms with van der Waals surface area (Å²) in [6, 6.07) is 8.29. The first-order chi connectivity index (χ1) is 7.63. The van der Waals surface area contributed by atoms with E-state index in [2.05, 4.69) is 27.4 Å². The van der Waals surface area contributed by atoms with Crippen molar-refractivity contribution in [3.05, 3.63) is 34.3 Å². The Kier molecular flexibility index (Phi) is 5.98. The average molecular weight is 287 g/mol. The van der Waals surface area contributed by atoms with Gasteiger partial charge in [0.25, 0.3) is 0 Å². The highest BCUT2D eigenvalue weighted by atomic mass is 79.9. The number of rotatable bonds is 6. The lowest BCUT2D eigenvalue weighted by molar-refractivity contribution is 0.0613. The number of benzene rings is 1. The van der Waals surface area contributed by atoms with E-state index < -0.39 is 0 Å². The van der Waals surface area contributed by atoms with Gasteiger partial charge in [0.1, 0.15) is 0 Å². The lowest BCUT2D eigenvalue weighted by Gasteiger charge is -2.18. The molecule has 0 heterocycles. The standard InChI is InChI=1S/C12H19BrN2O/c1-9(2)16-8-11(15-14)7-10-5-3-4-6-12(10)13/h3-6,9,11,15H,7-8,14H2,1-2H3. The average Bonchev–Trinajstić information content (AvgIpc) is 2.26. The van der Waals surface area contributed by atoms with E-state index in [1.807, 2.05) is 32.0 Å². The van der Waals surface area contributed by atoms with E-state index in [4.69, 9.17) is 10.6 Å². The van der Waals surface area contributed by atoms with Crippen LogP contribution in [-0.2, 0) is 11.2 Å². The van der Waals surface area contributed by atoms with Gasteiger partial charge in [0.05, 0.1) is 12.7 Å². The fourth-order valence-corrected chi connectivity index (χ4v) is 1.85. The molecule has 0 bridgehead atoms. The SMILES string of the molecule is CC(C)OCC(Cc1ccccc1Br)NN. The minimum Gasteiger partial charge on any atom is -0.377 e. The molecule has 3 N–H and O–H groups in total. The van der Waals surface area contributed by atoms with Crippen LogP contribution in [0.2, 0.25) is 0 Å². The summed E-state index contributed by atoms with van der Waals surface area (Å²) in [5.41, 5.74) is 4.02. The van der Waals surface area contributed by atoms with Crippen molar-refractivity contribution in [2.75, 3.05) is 6.61 Å². The first kappa shape index (κ1) is 13.6. The molecule has 1 aromatic rings. The van der Waals surface area contributed by atoms with Crippen LogP contribution in [0, 0.1) is 0 Å². The van der Waals surface area contributed by atoms with Gasteiger partial charge in [0.2, 0.25) is 0 Å². The maximum Gasteiger partial charge on any atom is 0.0639 e. The Morgan fingerprint density at radius 3 is 2.62 bits per heavy atom. The Hall–Kier alpha value is -0.420. The van der Waals surface area contributed by atoms with Gasteiger partial charge in [-0.2, -0.15) is 0 Å². The molecule has 1 aromatic carbocycles. The highest BCUT2D eigenvalue weighted by Gasteiger charge is 2.10. The van der Waals surface area contributed by atoms with Crippen LogP contribution < -0.4 is 11.3 Å². The Morgan fingerprint density at radius 1 is 1.38 bits per heavy atom. The summed E-state index contributed by atoms with van der Waals surface area (Å²) >= 11 is 3.52. The fourth-order valence-electron chi connectivity index (χ4n) is 1.40. The van der Waals surface area contributed by atoms with Crippen molar-refractivity contribution in [1.82, 2.24) is 5.43 Å². The van der Waals surface area contributed by atoms with E-state index in [-0.39, 0.29) is 12.1 Å². The summed E-state index contributed by atoms with van der Waals surface area (Å²) in [5, 5.41) is 0. The molecule has 1 rings (SSSR count). The van der Waals surface area contributed by atoms with E-state index in [9.17, 15) is 0 Å². The van der Waals surface area contributed by atoms with Crippen molar-refractivity contribution in [1.29, 1.82) is 0 Å². The van der Waals surface area contributed by atoms with Crippen molar-refractivity contribution < 1.29 is 4.74 Å². The second-order valence-electron chi connectivity index (χ2n) is 4.04. The molecular formula is C12H19BrN2O. The molecule has 0 aliphatic carbocycles. The van der Waals surface area contributed by atoms with Gasteiger partial charge in [-0.15, -0.1) is 0 Å². The highest BCUT2D eigenvalue weighted by Crippen LogP contribution is 2.17. The maximum absolute atomic E-state index is 5.55. The highest BCUT2D eigenvalue weighted by molar-refractivity contribution is 9.10. The third kappa shape index (κ3) is 4.61. The second kappa shape index (κ2) is 7.01. The predicted molar refractivity (Wildman–Crippen MR) is 70.0 cm³/mol. The number of hydrazine groups is 1. The van der Waals surface area contributed by atoms with E-state index in [1.54, 1.807) is 0 Å². The molecular weight excluding hydrogens is 268 g/mol. The Bertz CT molecular complexity index is 318. The summed E-state index contributed by atoms with van der Waals surface area (Å²) in [4.78, 5) is 0. The van der Waals surface area contributed by atoms with Crippen LogP contribution in [0.4, 0.5) is 0 Å². The molecule has 0 aliphatic rings. The second-order valence-corrected chi connectivity index (χ2v) is 4.90. The molecule has 1 atom stereocenters. The fraction of sp³-hybridized carbons (Fsp3) is 0.500. The molecule has 0 amide bonds. The molecule has 0 aliphatic heterocycles. The van der Waals surface area contributed by atoms with Crippen LogP contribution in [0.5, 0.6) is 0 Å². The van der Waals surface area contributed by atoms with Crippen LogP contribution in [0.15, 0.2) is 28.7 Å². The van der Waals surface area contributed by atoms with Gasteiger partial charge in [-0.3, -0.25) is 11.3 Å². The van der Waals surface area contributed by atoms with Crippen LogP contribution >= 0.6 is 15.9 Å². The summed E-state index contributed by atoms with van der Waals surface area (Å²) in [6.45, 7) is 4.66. The van der Waals surface area contributed by atoms with Gasteiger partial charge >= 0.3 is 0 Å². The third-order valence-electron chi connectivity index (χ3n) is 2.29. The first-order valence-corrected chi connectivity index (χ1v) is 6.24. The minimum absolute atomic E-state index is 0.140. The van der Waals surface area contributed by atoms with Crippen molar-refractivity contribution in [2.45, 2.75) is 32.4 Å². The summed E-state index contributed by atoms with van der Waals surface area (Å²) in [7, 11) is 0. The molecule has 0 saturated carbocycles. The molecule has 3 nitrogen and oxygen atoms in total. The number of hydrogen-bond donors (Lipinski definition) is 2. The van der Waals surface area contributed by atoms with E-state index in [0.29, 0.717) is 6.61 Å². The van der Waals surface area contributed by atoms with Crippen molar-refractivity contribution in [2.24, 2.45) is 5.84 Å². The van der Waals surface area contributed by atoms with E-state index in [1.165, 1.54) is 5.56 Å². The number of hydrogen-bond acceptors (Lipinski definition) is 3. The van der Waals surface area contributed by atoms with Gasteiger partial charge < -0.3 is 4.74 Å². The Morgan fingerprint density at radius 2 is 2.06 bits per heavy atom. The summed E-state index contributed by atoms with van der Waals surface area (Å²) in [5.74, 6) is 5.51. The normalized spacial score (nSPS) is 13.1. The number of halogens is 1. The van der Waals surface area contributed by atoms with Crippen molar-refractivity contribution in [3.8, 4) is 0 Å². The maximum atomic E-state index is 5.55. The zero-order valence-corrected chi connectivity index (χ0v) is 11.3. The van der Waals surface area contributed by atoms with E-state index in [0.717, 1.165) is 10.9 Å². The molecule has 0 spiro atoms. The molecule has 0 saturated heterocycles. The molecule has 0 fully saturated rings. The quantitative estimate of drug-likeness (QED) is 0.623. The van der Waals surface area contributed by atoms with Crippen LogP contribution in [0.1, 0.15) is 19.4 Å². The zero-order valence-electron chi connectivity index (χ0n) is 9.74. The van der Waals surface area contributed by atoms with E-state index >= 15 is 0 Å². The largest absolute Gasteiger partial charge is 0.377 e. The van der Waals surface area contributed by atoms with Crippen LogP contribution in [0.25, 0.3) is 0 Å². The summed E-state index contributed by atoms with van der Waals surface area (Å²) < 4.78 is 6.66. The molecule has 4 heteroatoms. The minimum atomic E-state index is 0.140. The van der Waals surface area contributed by atoms with Crippen LogP contribution in [0.3, 0.4) is 0 Å². The van der Waals surface area contributed by atoms with Gasteiger partial charge in [0, 0.05) is 10.5 Å². The molecule has 0 radical (unpaired) electrons. The molecule has 16 heavy (non-hydrogen) atoms. The number of nitrogens with two attached hydrogens (primary N) is 1. The van der Waals surface area contributed by atoms with Crippen molar-refractivity contribution >= 4 is 15.9 Å². The van der Waals surface area contributed by atoms with Gasteiger partial charge in [-0.05, 0) is 31.9 Å². The molecule has 0 aromatic heterocycles. The number of nitrogens with one attached hydrogen (secondary N) is 1. The monoisotopic (exact) mass is 286 g/mol. The Balaban J connectivity index is 2.53. The lowest BCUT2D eigenvalue weighted by Crippen LogP contribution is -2.41. The topological polar surface area (TPSA) is 47.3 Å². The van der Waals surface area contributed by atoms with Gasteiger partial charge in [-0.1, -0.05) is 34.1 Å². The predicted octanol–water partition coefficient (Wildman–Crippen LogP) is 2.25. The summed E-state index contributed by atoms with van der Waals surface area (Å²) in [6.07, 6.45) is 1.08. The number of ether oxygens (including phenoxy) is 1. The molecule has 1 unspecified atom stereocenters. The van der Waals surface area contributed by atoms with Crippen molar-refractivity contribution in [3.63, 3.8) is 0 Å². The first-order valence-electron chi connectivity index (χ1n) is 5.44. The molecule has 90 valence electrons. The lowest BCUT2D eigenvalue weighted by atomic mass is 10.1. The zero-order chi connectivity index (χ0) is 12.0. The smallest absolute Gasteiger partial charge is 0.0639 e. The van der Waals surface area contributed by atoms with Gasteiger partial charge in [0.15, 0.2) is 0 Å².